The molecule has 0 aromatic heterocycles. The quantitative estimate of drug-likeness (QED) is 0.889. The molecule has 0 amide bonds. The van der Waals surface area contributed by atoms with Gasteiger partial charge in [0.2, 0.25) is 0 Å². The fraction of sp³-hybridized carbons (Fsp3) is 0.625. The molecule has 1 heterocycles. The van der Waals surface area contributed by atoms with Crippen molar-refractivity contribution in [2.75, 3.05) is 13.7 Å². The van der Waals surface area contributed by atoms with Crippen molar-refractivity contribution in [1.29, 1.82) is 0 Å². The third-order valence-corrected chi connectivity index (χ3v) is 4.45. The van der Waals surface area contributed by atoms with E-state index in [2.05, 4.69) is 18.7 Å². The summed E-state index contributed by atoms with van der Waals surface area (Å²) in [6.45, 7) is 4.99. The third-order valence-electron chi connectivity index (χ3n) is 4.45. The lowest BCUT2D eigenvalue weighted by Gasteiger charge is -2.44. The highest BCUT2D eigenvalue weighted by atomic mass is 16.5. The molecule has 0 radical (unpaired) electrons. The van der Waals surface area contributed by atoms with Gasteiger partial charge >= 0.3 is 0 Å². The summed E-state index contributed by atoms with van der Waals surface area (Å²) >= 11 is 0. The number of rotatable bonds is 4. The van der Waals surface area contributed by atoms with E-state index >= 15 is 0 Å². The van der Waals surface area contributed by atoms with Crippen molar-refractivity contribution in [3.63, 3.8) is 0 Å². The normalized spacial score (nSPS) is 25.4. The number of nitrogens with two attached hydrogens (primary N) is 1. The van der Waals surface area contributed by atoms with Gasteiger partial charge in [-0.1, -0.05) is 18.6 Å². The molecule has 112 valence electrons. The van der Waals surface area contributed by atoms with E-state index in [1.807, 2.05) is 12.1 Å². The van der Waals surface area contributed by atoms with Crippen LogP contribution in [0.5, 0.6) is 11.5 Å². The molecule has 0 aliphatic carbocycles. The van der Waals surface area contributed by atoms with Gasteiger partial charge in [0.05, 0.1) is 13.2 Å². The van der Waals surface area contributed by atoms with E-state index in [-0.39, 0.29) is 11.8 Å². The molecular weight excluding hydrogens is 252 g/mol. The molecule has 1 saturated heterocycles. The van der Waals surface area contributed by atoms with Crippen LogP contribution in [0.2, 0.25) is 0 Å². The maximum Gasteiger partial charge on any atom is 0.162 e. The summed E-state index contributed by atoms with van der Waals surface area (Å²) in [5, 5.41) is 10.4. The molecular formula is C16H26N2O2. The molecule has 3 atom stereocenters. The zero-order valence-electron chi connectivity index (χ0n) is 12.7. The van der Waals surface area contributed by atoms with Gasteiger partial charge in [-0.3, -0.25) is 4.90 Å². The Morgan fingerprint density at radius 3 is 2.55 bits per heavy atom. The fourth-order valence-corrected chi connectivity index (χ4v) is 3.44. The monoisotopic (exact) mass is 278 g/mol. The highest BCUT2D eigenvalue weighted by Gasteiger charge is 2.32. The minimum atomic E-state index is 0.0374. The largest absolute Gasteiger partial charge is 0.504 e. The Kier molecular flexibility index (Phi) is 4.89. The first kappa shape index (κ1) is 15.1. The van der Waals surface area contributed by atoms with Crippen molar-refractivity contribution < 1.29 is 9.84 Å². The van der Waals surface area contributed by atoms with Crippen LogP contribution >= 0.6 is 0 Å². The average Bonchev–Trinajstić information content (AvgIpc) is 2.44. The Hall–Kier alpha value is -1.26. The van der Waals surface area contributed by atoms with Gasteiger partial charge in [0.1, 0.15) is 0 Å². The van der Waals surface area contributed by atoms with Gasteiger partial charge in [-0.2, -0.15) is 0 Å². The number of benzene rings is 1. The fourth-order valence-electron chi connectivity index (χ4n) is 3.44. The minimum absolute atomic E-state index is 0.0374. The van der Waals surface area contributed by atoms with Gasteiger partial charge in [-0.25, -0.2) is 0 Å². The summed E-state index contributed by atoms with van der Waals surface area (Å²) in [5.41, 5.74) is 6.89. The SMILES string of the molecule is COc1cccc(C(CN)N2C(C)CCCC2C)c1O. The maximum atomic E-state index is 10.4. The van der Waals surface area contributed by atoms with Crippen LogP contribution in [0.1, 0.15) is 44.7 Å². The summed E-state index contributed by atoms with van der Waals surface area (Å²) in [7, 11) is 1.57. The predicted molar refractivity (Wildman–Crippen MR) is 81.1 cm³/mol. The molecule has 20 heavy (non-hydrogen) atoms. The summed E-state index contributed by atoms with van der Waals surface area (Å²) < 4.78 is 5.21. The summed E-state index contributed by atoms with van der Waals surface area (Å²) in [5.74, 6) is 0.730. The Labute approximate surface area is 121 Å². The number of para-hydroxylation sites is 1. The molecule has 0 spiro atoms. The van der Waals surface area contributed by atoms with Crippen LogP contribution in [0.25, 0.3) is 0 Å². The Bertz CT molecular complexity index is 440. The smallest absolute Gasteiger partial charge is 0.162 e. The van der Waals surface area contributed by atoms with Crippen LogP contribution < -0.4 is 10.5 Å². The summed E-state index contributed by atoms with van der Waals surface area (Å²) in [4.78, 5) is 2.44. The highest BCUT2D eigenvalue weighted by Crippen LogP contribution is 2.39. The first-order valence-corrected chi connectivity index (χ1v) is 7.43. The topological polar surface area (TPSA) is 58.7 Å². The first-order valence-electron chi connectivity index (χ1n) is 7.43. The zero-order valence-corrected chi connectivity index (χ0v) is 12.7. The standard InChI is InChI=1S/C16H26N2O2/c1-11-6-4-7-12(2)18(11)14(10-17)13-8-5-9-15(20-3)16(13)19/h5,8-9,11-12,14,19H,4,6-7,10,17H2,1-3H3. The number of hydrogen-bond donors (Lipinski definition) is 2. The second kappa shape index (κ2) is 6.46. The summed E-state index contributed by atoms with van der Waals surface area (Å²) in [6.07, 6.45) is 3.64. The molecule has 1 aromatic rings. The van der Waals surface area contributed by atoms with Gasteiger partial charge in [0.25, 0.3) is 0 Å². The number of likely N-dealkylation sites (tertiary alicyclic amines) is 1. The van der Waals surface area contributed by atoms with Gasteiger partial charge in [0, 0.05) is 24.2 Å². The van der Waals surface area contributed by atoms with Crippen LogP contribution in [0.3, 0.4) is 0 Å². The molecule has 2 rings (SSSR count). The molecule has 3 N–H and O–H groups in total. The van der Waals surface area contributed by atoms with Crippen molar-refractivity contribution in [1.82, 2.24) is 4.90 Å². The number of nitrogens with zero attached hydrogens (tertiary/aromatic N) is 1. The molecule has 1 fully saturated rings. The van der Waals surface area contributed by atoms with Crippen molar-refractivity contribution in [2.24, 2.45) is 5.73 Å². The van der Waals surface area contributed by atoms with Gasteiger partial charge < -0.3 is 15.6 Å². The third kappa shape index (κ3) is 2.76. The van der Waals surface area contributed by atoms with Crippen LogP contribution in [-0.4, -0.2) is 35.7 Å². The number of piperidine rings is 1. The number of ether oxygens (including phenoxy) is 1. The molecule has 1 aromatic carbocycles. The van der Waals surface area contributed by atoms with Gasteiger partial charge in [0.15, 0.2) is 11.5 Å². The van der Waals surface area contributed by atoms with Crippen molar-refractivity contribution in [3.05, 3.63) is 23.8 Å². The van der Waals surface area contributed by atoms with E-state index in [4.69, 9.17) is 10.5 Å². The van der Waals surface area contributed by atoms with E-state index in [9.17, 15) is 5.11 Å². The van der Waals surface area contributed by atoms with E-state index in [0.29, 0.717) is 24.4 Å². The second-order valence-corrected chi connectivity index (χ2v) is 5.73. The van der Waals surface area contributed by atoms with Crippen LogP contribution in [0, 0.1) is 0 Å². The number of methoxy groups -OCH3 is 1. The lowest BCUT2D eigenvalue weighted by molar-refractivity contribution is 0.0566. The van der Waals surface area contributed by atoms with Gasteiger partial charge in [-0.15, -0.1) is 0 Å². The number of phenols is 1. The zero-order chi connectivity index (χ0) is 14.7. The van der Waals surface area contributed by atoms with E-state index < -0.39 is 0 Å². The van der Waals surface area contributed by atoms with Crippen molar-refractivity contribution >= 4 is 0 Å². The number of aromatic hydroxyl groups is 1. The minimum Gasteiger partial charge on any atom is -0.504 e. The lowest BCUT2D eigenvalue weighted by Crippen LogP contribution is -2.48. The molecule has 0 bridgehead atoms. The number of phenolic OH excluding ortho intramolecular Hbond substituents is 1. The van der Waals surface area contributed by atoms with Crippen molar-refractivity contribution in [2.45, 2.75) is 51.2 Å². The van der Waals surface area contributed by atoms with E-state index in [1.54, 1.807) is 13.2 Å². The van der Waals surface area contributed by atoms with Crippen LogP contribution in [0.15, 0.2) is 18.2 Å². The van der Waals surface area contributed by atoms with Crippen molar-refractivity contribution in [3.8, 4) is 11.5 Å². The number of hydrogen-bond acceptors (Lipinski definition) is 4. The Morgan fingerprint density at radius 1 is 1.35 bits per heavy atom. The Morgan fingerprint density at radius 2 is 2.00 bits per heavy atom. The van der Waals surface area contributed by atoms with Crippen LogP contribution in [-0.2, 0) is 0 Å². The first-order chi connectivity index (χ1) is 9.60. The Balaban J connectivity index is 2.36. The van der Waals surface area contributed by atoms with Crippen LogP contribution in [0.4, 0.5) is 0 Å². The molecule has 3 unspecified atom stereocenters. The molecule has 4 nitrogen and oxygen atoms in total. The van der Waals surface area contributed by atoms with Gasteiger partial charge in [-0.05, 0) is 32.8 Å². The molecule has 0 saturated carbocycles. The van der Waals surface area contributed by atoms with E-state index in [0.717, 1.165) is 5.56 Å². The molecule has 4 heteroatoms. The van der Waals surface area contributed by atoms with E-state index in [1.165, 1.54) is 19.3 Å². The predicted octanol–water partition coefficient (Wildman–Crippen LogP) is 2.66. The second-order valence-electron chi connectivity index (χ2n) is 5.73. The highest BCUT2D eigenvalue weighted by molar-refractivity contribution is 5.47. The molecule has 1 aliphatic rings. The maximum absolute atomic E-state index is 10.4. The average molecular weight is 278 g/mol. The lowest BCUT2D eigenvalue weighted by atomic mass is 9.92. The summed E-state index contributed by atoms with van der Waals surface area (Å²) in [6, 6.07) is 6.64. The molecule has 1 aliphatic heterocycles.